The van der Waals surface area contributed by atoms with E-state index in [4.69, 9.17) is 0 Å². The van der Waals surface area contributed by atoms with Gasteiger partial charge in [-0.25, -0.2) is 0 Å². The maximum atomic E-state index is 12.4. The van der Waals surface area contributed by atoms with E-state index in [1.165, 1.54) is 0 Å². The highest BCUT2D eigenvalue weighted by Crippen LogP contribution is 2.36. The van der Waals surface area contributed by atoms with E-state index in [0.717, 1.165) is 36.0 Å². The van der Waals surface area contributed by atoms with Crippen molar-refractivity contribution < 1.29 is 9.59 Å². The SMILES string of the molecule is CCCC/C=C1\c2ccccc2C(=O)C[C@@H]1C(=O)N(C)C. The summed E-state index contributed by atoms with van der Waals surface area (Å²) in [7, 11) is 3.49. The number of benzene rings is 1. The van der Waals surface area contributed by atoms with Crippen LogP contribution in [0.25, 0.3) is 5.57 Å². The first-order valence-corrected chi connectivity index (χ1v) is 7.60. The highest BCUT2D eigenvalue weighted by Gasteiger charge is 2.34. The Hall–Kier alpha value is -1.90. The van der Waals surface area contributed by atoms with Crippen LogP contribution < -0.4 is 0 Å². The van der Waals surface area contributed by atoms with Gasteiger partial charge in [-0.2, -0.15) is 0 Å². The number of rotatable bonds is 4. The van der Waals surface area contributed by atoms with E-state index in [9.17, 15) is 9.59 Å². The minimum absolute atomic E-state index is 0.0144. The monoisotopic (exact) mass is 285 g/mol. The van der Waals surface area contributed by atoms with E-state index in [1.54, 1.807) is 19.0 Å². The van der Waals surface area contributed by atoms with Gasteiger partial charge in [0, 0.05) is 26.1 Å². The Kier molecular flexibility index (Phi) is 4.94. The molecule has 3 nitrogen and oxygen atoms in total. The number of carbonyl (C=O) groups excluding carboxylic acids is 2. The molecule has 0 bridgehead atoms. The summed E-state index contributed by atoms with van der Waals surface area (Å²) in [5.74, 6) is -0.252. The van der Waals surface area contributed by atoms with Crippen LogP contribution in [0.4, 0.5) is 0 Å². The molecule has 0 aliphatic heterocycles. The van der Waals surface area contributed by atoms with Crippen molar-refractivity contribution in [1.29, 1.82) is 0 Å². The molecular weight excluding hydrogens is 262 g/mol. The molecule has 112 valence electrons. The van der Waals surface area contributed by atoms with Crippen molar-refractivity contribution in [2.45, 2.75) is 32.6 Å². The molecule has 0 N–H and O–H groups in total. The summed E-state index contributed by atoms with van der Waals surface area (Å²) in [6, 6.07) is 7.64. The average molecular weight is 285 g/mol. The van der Waals surface area contributed by atoms with E-state index >= 15 is 0 Å². The second-order valence-corrected chi connectivity index (χ2v) is 5.76. The Morgan fingerprint density at radius 2 is 1.95 bits per heavy atom. The van der Waals surface area contributed by atoms with Crippen molar-refractivity contribution in [3.63, 3.8) is 0 Å². The minimum atomic E-state index is -0.334. The molecule has 1 aromatic carbocycles. The van der Waals surface area contributed by atoms with Gasteiger partial charge in [-0.1, -0.05) is 50.1 Å². The quantitative estimate of drug-likeness (QED) is 0.793. The lowest BCUT2D eigenvalue weighted by atomic mass is 9.77. The lowest BCUT2D eigenvalue weighted by Gasteiger charge is -2.28. The van der Waals surface area contributed by atoms with E-state index in [2.05, 4.69) is 13.0 Å². The van der Waals surface area contributed by atoms with E-state index in [1.807, 2.05) is 24.3 Å². The highest BCUT2D eigenvalue weighted by molar-refractivity contribution is 6.09. The van der Waals surface area contributed by atoms with Crippen LogP contribution in [0, 0.1) is 5.92 Å². The molecule has 0 spiro atoms. The predicted octanol–water partition coefficient (Wildman–Crippen LogP) is 3.55. The topological polar surface area (TPSA) is 37.4 Å². The number of nitrogens with zero attached hydrogens (tertiary/aromatic N) is 1. The molecule has 0 radical (unpaired) electrons. The summed E-state index contributed by atoms with van der Waals surface area (Å²) in [6.07, 6.45) is 5.61. The molecule has 21 heavy (non-hydrogen) atoms. The zero-order valence-corrected chi connectivity index (χ0v) is 13.1. The molecule has 1 aliphatic rings. The van der Waals surface area contributed by atoms with Gasteiger partial charge >= 0.3 is 0 Å². The highest BCUT2D eigenvalue weighted by atomic mass is 16.2. The molecule has 1 amide bonds. The average Bonchev–Trinajstić information content (AvgIpc) is 2.48. The number of ketones is 1. The third kappa shape index (κ3) is 3.23. The lowest BCUT2D eigenvalue weighted by molar-refractivity contribution is -0.131. The van der Waals surface area contributed by atoms with Crippen LogP contribution in [0.3, 0.4) is 0 Å². The zero-order chi connectivity index (χ0) is 15.4. The molecule has 0 fully saturated rings. The van der Waals surface area contributed by atoms with Crippen LogP contribution in [0.2, 0.25) is 0 Å². The molecule has 0 unspecified atom stereocenters. The third-order valence-corrected chi connectivity index (χ3v) is 3.96. The Bertz CT molecular complexity index is 572. The minimum Gasteiger partial charge on any atom is -0.348 e. The van der Waals surface area contributed by atoms with Crippen LogP contribution in [-0.4, -0.2) is 30.7 Å². The van der Waals surface area contributed by atoms with Gasteiger partial charge in [0.2, 0.25) is 5.91 Å². The number of hydrogen-bond donors (Lipinski definition) is 0. The second-order valence-electron chi connectivity index (χ2n) is 5.76. The van der Waals surface area contributed by atoms with Gasteiger partial charge < -0.3 is 4.90 Å². The zero-order valence-electron chi connectivity index (χ0n) is 13.1. The first kappa shape index (κ1) is 15.5. The van der Waals surface area contributed by atoms with E-state index in [-0.39, 0.29) is 24.0 Å². The fourth-order valence-corrected chi connectivity index (χ4v) is 2.82. The maximum absolute atomic E-state index is 12.4. The van der Waals surface area contributed by atoms with Gasteiger partial charge in [-0.15, -0.1) is 0 Å². The first-order chi connectivity index (χ1) is 10.1. The number of unbranched alkanes of at least 4 members (excludes halogenated alkanes) is 2. The van der Waals surface area contributed by atoms with Crippen molar-refractivity contribution in [2.75, 3.05) is 14.1 Å². The number of amides is 1. The fourth-order valence-electron chi connectivity index (χ4n) is 2.82. The van der Waals surface area contributed by atoms with Crippen LogP contribution >= 0.6 is 0 Å². The normalized spacial score (nSPS) is 19.5. The van der Waals surface area contributed by atoms with E-state index in [0.29, 0.717) is 0 Å². The van der Waals surface area contributed by atoms with Crippen molar-refractivity contribution in [3.05, 3.63) is 41.5 Å². The molecule has 1 aromatic rings. The number of carbonyl (C=O) groups is 2. The Morgan fingerprint density at radius 1 is 1.29 bits per heavy atom. The van der Waals surface area contributed by atoms with Crippen molar-refractivity contribution >= 4 is 17.3 Å². The molecule has 3 heteroatoms. The number of fused-ring (bicyclic) bond motifs is 1. The predicted molar refractivity (Wildman–Crippen MR) is 85.1 cm³/mol. The van der Waals surface area contributed by atoms with Gasteiger partial charge in [0.05, 0.1) is 5.92 Å². The van der Waals surface area contributed by atoms with Gasteiger partial charge in [0.15, 0.2) is 5.78 Å². The summed E-state index contributed by atoms with van der Waals surface area (Å²) in [5, 5.41) is 0. The van der Waals surface area contributed by atoms with Gasteiger partial charge in [-0.05, 0) is 17.6 Å². The van der Waals surface area contributed by atoms with E-state index < -0.39 is 0 Å². The Morgan fingerprint density at radius 3 is 2.57 bits per heavy atom. The summed E-state index contributed by atoms with van der Waals surface area (Å²) in [4.78, 5) is 26.3. The summed E-state index contributed by atoms with van der Waals surface area (Å²) >= 11 is 0. The Balaban J connectivity index is 2.45. The molecule has 0 heterocycles. The van der Waals surface area contributed by atoms with Crippen molar-refractivity contribution in [1.82, 2.24) is 4.90 Å². The molecule has 0 saturated carbocycles. The molecular formula is C18H23NO2. The van der Waals surface area contributed by atoms with Crippen molar-refractivity contribution in [2.24, 2.45) is 5.92 Å². The molecule has 1 atom stereocenters. The van der Waals surface area contributed by atoms with Crippen LogP contribution in [0.15, 0.2) is 30.3 Å². The van der Waals surface area contributed by atoms with Crippen LogP contribution in [0.1, 0.15) is 48.5 Å². The van der Waals surface area contributed by atoms with Crippen molar-refractivity contribution in [3.8, 4) is 0 Å². The number of allylic oxidation sites excluding steroid dienone is 1. The van der Waals surface area contributed by atoms with Gasteiger partial charge in [0.25, 0.3) is 0 Å². The molecule has 2 rings (SSSR count). The maximum Gasteiger partial charge on any atom is 0.230 e. The fraction of sp³-hybridized carbons (Fsp3) is 0.444. The third-order valence-electron chi connectivity index (χ3n) is 3.96. The summed E-state index contributed by atoms with van der Waals surface area (Å²) < 4.78 is 0. The summed E-state index contributed by atoms with van der Waals surface area (Å²) in [5.41, 5.74) is 2.71. The summed E-state index contributed by atoms with van der Waals surface area (Å²) in [6.45, 7) is 2.15. The molecule has 0 aromatic heterocycles. The second kappa shape index (κ2) is 6.70. The standard InChI is InChI=1S/C18H23NO2/c1-4-5-6-9-14-13-10-7-8-11-15(13)17(20)12-16(14)18(21)19(2)3/h7-11,16H,4-6,12H2,1-3H3/b14-9+/t16-/m0/s1. The number of Topliss-reactive ketones (excluding diaryl/α,β-unsaturated/α-hetero) is 1. The number of hydrogen-bond acceptors (Lipinski definition) is 2. The Labute approximate surface area is 126 Å². The smallest absolute Gasteiger partial charge is 0.230 e. The lowest BCUT2D eigenvalue weighted by Crippen LogP contribution is -2.34. The van der Waals surface area contributed by atoms with Crippen LogP contribution in [-0.2, 0) is 4.79 Å². The van der Waals surface area contributed by atoms with Gasteiger partial charge in [0.1, 0.15) is 0 Å². The van der Waals surface area contributed by atoms with Gasteiger partial charge in [-0.3, -0.25) is 9.59 Å². The first-order valence-electron chi connectivity index (χ1n) is 7.60. The van der Waals surface area contributed by atoms with Crippen LogP contribution in [0.5, 0.6) is 0 Å². The molecule has 1 aliphatic carbocycles. The molecule has 0 saturated heterocycles. The largest absolute Gasteiger partial charge is 0.348 e.